The molecule has 0 bridgehead atoms. The molecule has 2 rings (SSSR count). The summed E-state index contributed by atoms with van der Waals surface area (Å²) in [6, 6.07) is 14.7. The first kappa shape index (κ1) is 18.4. The predicted octanol–water partition coefficient (Wildman–Crippen LogP) is 1.96. The highest BCUT2D eigenvalue weighted by Crippen LogP contribution is 2.12. The zero-order valence-electron chi connectivity index (χ0n) is 13.7. The number of ether oxygens (including phenoxy) is 2. The fourth-order valence-corrected chi connectivity index (χ4v) is 1.88. The molecular weight excluding hydrogens is 327 g/mol. The van der Waals surface area contributed by atoms with Crippen LogP contribution in [-0.4, -0.2) is 24.5 Å². The Hall–Kier alpha value is -2.93. The van der Waals surface area contributed by atoms with Crippen molar-refractivity contribution in [3.63, 3.8) is 0 Å². The summed E-state index contributed by atoms with van der Waals surface area (Å²) in [6.45, 7) is 1.62. The van der Waals surface area contributed by atoms with Gasteiger partial charge in [-0.15, -0.1) is 0 Å². The lowest BCUT2D eigenvalue weighted by Crippen LogP contribution is -2.48. The number of hydrogen-bond donors (Lipinski definition) is 2. The maximum Gasteiger partial charge on any atom is 0.279 e. The molecule has 0 saturated carbocycles. The molecule has 2 aromatic rings. The molecule has 0 fully saturated rings. The van der Waals surface area contributed by atoms with Crippen LogP contribution in [0.2, 0.25) is 0 Å². The van der Waals surface area contributed by atoms with Crippen LogP contribution in [0, 0.1) is 5.82 Å². The van der Waals surface area contributed by atoms with Crippen LogP contribution in [0.25, 0.3) is 0 Å². The van der Waals surface area contributed by atoms with E-state index in [1.54, 1.807) is 0 Å². The Labute approximate surface area is 144 Å². The van der Waals surface area contributed by atoms with E-state index in [-0.39, 0.29) is 6.61 Å². The van der Waals surface area contributed by atoms with Crippen molar-refractivity contribution in [1.29, 1.82) is 0 Å². The summed E-state index contributed by atoms with van der Waals surface area (Å²) in [5.74, 6) is -1.08. The van der Waals surface area contributed by atoms with E-state index in [1.165, 1.54) is 31.2 Å². The second kappa shape index (κ2) is 9.39. The van der Waals surface area contributed by atoms with Gasteiger partial charge in [0.15, 0.2) is 6.10 Å². The molecule has 2 N–H and O–H groups in total. The van der Waals surface area contributed by atoms with Gasteiger partial charge in [-0.25, -0.2) is 4.39 Å². The maximum atomic E-state index is 12.8. The number of carbonyl (C=O) groups is 2. The molecule has 1 atom stereocenters. The molecule has 0 aliphatic carbocycles. The Kier molecular flexibility index (Phi) is 6.91. The van der Waals surface area contributed by atoms with Crippen LogP contribution in [0.3, 0.4) is 0 Å². The van der Waals surface area contributed by atoms with Crippen LogP contribution in [0.5, 0.6) is 5.75 Å². The first-order valence-electron chi connectivity index (χ1n) is 7.67. The average Bonchev–Trinajstić information content (AvgIpc) is 2.62. The first-order chi connectivity index (χ1) is 12.0. The Balaban J connectivity index is 1.66. The molecule has 0 aromatic heterocycles. The van der Waals surface area contributed by atoms with Crippen molar-refractivity contribution in [3.8, 4) is 5.75 Å². The number of amides is 2. The van der Waals surface area contributed by atoms with Crippen molar-refractivity contribution >= 4 is 11.8 Å². The number of rotatable bonds is 7. The number of nitrogens with one attached hydrogen (secondary N) is 2. The molecule has 2 aromatic carbocycles. The monoisotopic (exact) mass is 346 g/mol. The van der Waals surface area contributed by atoms with Crippen molar-refractivity contribution in [2.75, 3.05) is 6.61 Å². The Bertz CT molecular complexity index is 692. The van der Waals surface area contributed by atoms with Crippen LogP contribution in [0.1, 0.15) is 12.5 Å². The van der Waals surface area contributed by atoms with Gasteiger partial charge < -0.3 is 9.47 Å². The molecule has 132 valence electrons. The topological polar surface area (TPSA) is 76.7 Å². The van der Waals surface area contributed by atoms with Gasteiger partial charge in [0.25, 0.3) is 11.8 Å². The van der Waals surface area contributed by atoms with E-state index in [0.717, 1.165) is 5.56 Å². The molecule has 6 nitrogen and oxygen atoms in total. The second-order valence-electron chi connectivity index (χ2n) is 5.23. The summed E-state index contributed by atoms with van der Waals surface area (Å²) >= 11 is 0. The molecule has 0 aliphatic heterocycles. The lowest BCUT2D eigenvalue weighted by atomic mass is 10.2. The summed E-state index contributed by atoms with van der Waals surface area (Å²) in [5.41, 5.74) is 5.43. The number of halogens is 1. The quantitative estimate of drug-likeness (QED) is 0.752. The third-order valence-electron chi connectivity index (χ3n) is 3.17. The van der Waals surface area contributed by atoms with E-state index >= 15 is 0 Å². The molecule has 0 spiro atoms. The number of hydrogen-bond acceptors (Lipinski definition) is 4. The molecule has 0 radical (unpaired) electrons. The first-order valence-corrected chi connectivity index (χ1v) is 7.67. The predicted molar refractivity (Wildman–Crippen MR) is 88.9 cm³/mol. The van der Waals surface area contributed by atoms with Gasteiger partial charge in [-0.3, -0.25) is 20.4 Å². The maximum absolute atomic E-state index is 12.8. The third kappa shape index (κ3) is 6.60. The summed E-state index contributed by atoms with van der Waals surface area (Å²) < 4.78 is 23.4. The van der Waals surface area contributed by atoms with Crippen LogP contribution in [-0.2, 0) is 20.9 Å². The van der Waals surface area contributed by atoms with Crippen LogP contribution in [0.15, 0.2) is 54.6 Å². The number of carbonyl (C=O) groups excluding carboxylic acids is 2. The lowest BCUT2D eigenvalue weighted by molar-refractivity contribution is -0.134. The molecule has 0 heterocycles. The zero-order valence-corrected chi connectivity index (χ0v) is 13.7. The van der Waals surface area contributed by atoms with E-state index in [1.807, 2.05) is 30.3 Å². The van der Waals surface area contributed by atoms with Crippen molar-refractivity contribution < 1.29 is 23.5 Å². The summed E-state index contributed by atoms with van der Waals surface area (Å²) in [5, 5.41) is 0. The highest BCUT2D eigenvalue weighted by molar-refractivity contribution is 5.85. The van der Waals surface area contributed by atoms with Gasteiger partial charge in [0.05, 0.1) is 6.61 Å². The fraction of sp³-hybridized carbons (Fsp3) is 0.222. The SMILES string of the molecule is CC(Oc1ccc(F)cc1)C(=O)NNC(=O)COCc1ccccc1. The highest BCUT2D eigenvalue weighted by atomic mass is 19.1. The van der Waals surface area contributed by atoms with E-state index < -0.39 is 23.7 Å². The van der Waals surface area contributed by atoms with E-state index in [0.29, 0.717) is 12.4 Å². The van der Waals surface area contributed by atoms with Gasteiger partial charge >= 0.3 is 0 Å². The van der Waals surface area contributed by atoms with E-state index in [4.69, 9.17) is 9.47 Å². The molecule has 1 unspecified atom stereocenters. The lowest BCUT2D eigenvalue weighted by Gasteiger charge is -2.15. The Morgan fingerprint density at radius 2 is 1.72 bits per heavy atom. The second-order valence-corrected chi connectivity index (χ2v) is 5.23. The minimum atomic E-state index is -0.865. The Morgan fingerprint density at radius 1 is 1.04 bits per heavy atom. The van der Waals surface area contributed by atoms with Gasteiger partial charge in [-0.1, -0.05) is 30.3 Å². The van der Waals surface area contributed by atoms with E-state index in [2.05, 4.69) is 10.9 Å². The highest BCUT2D eigenvalue weighted by Gasteiger charge is 2.15. The van der Waals surface area contributed by atoms with Gasteiger partial charge in [-0.05, 0) is 36.8 Å². The molecule has 25 heavy (non-hydrogen) atoms. The number of hydrazine groups is 1. The van der Waals surface area contributed by atoms with Gasteiger partial charge in [0.2, 0.25) is 0 Å². The van der Waals surface area contributed by atoms with Crippen LogP contribution < -0.4 is 15.6 Å². The van der Waals surface area contributed by atoms with Crippen molar-refractivity contribution in [3.05, 3.63) is 66.0 Å². The van der Waals surface area contributed by atoms with Crippen molar-refractivity contribution in [1.82, 2.24) is 10.9 Å². The molecule has 0 aliphatic rings. The Morgan fingerprint density at radius 3 is 2.40 bits per heavy atom. The largest absolute Gasteiger partial charge is 0.481 e. The minimum Gasteiger partial charge on any atom is -0.481 e. The smallest absolute Gasteiger partial charge is 0.279 e. The van der Waals surface area contributed by atoms with Gasteiger partial charge in [0, 0.05) is 0 Å². The molecular formula is C18H19FN2O4. The third-order valence-corrected chi connectivity index (χ3v) is 3.17. The minimum absolute atomic E-state index is 0.192. The zero-order chi connectivity index (χ0) is 18.1. The average molecular weight is 346 g/mol. The fourth-order valence-electron chi connectivity index (χ4n) is 1.88. The van der Waals surface area contributed by atoms with Gasteiger partial charge in [-0.2, -0.15) is 0 Å². The van der Waals surface area contributed by atoms with Crippen molar-refractivity contribution in [2.24, 2.45) is 0 Å². The molecule has 0 saturated heterocycles. The van der Waals surface area contributed by atoms with Crippen LogP contribution >= 0.6 is 0 Å². The normalized spacial score (nSPS) is 11.4. The molecule has 2 amide bonds. The summed E-state index contributed by atoms with van der Waals surface area (Å²) in [6.07, 6.45) is -0.865. The summed E-state index contributed by atoms with van der Waals surface area (Å²) in [7, 11) is 0. The molecule has 7 heteroatoms. The summed E-state index contributed by atoms with van der Waals surface area (Å²) in [4.78, 5) is 23.5. The van der Waals surface area contributed by atoms with E-state index in [9.17, 15) is 14.0 Å². The van der Waals surface area contributed by atoms with Crippen LogP contribution in [0.4, 0.5) is 4.39 Å². The number of benzene rings is 2. The standard InChI is InChI=1S/C18H19FN2O4/c1-13(25-16-9-7-15(19)8-10-16)18(23)21-20-17(22)12-24-11-14-5-3-2-4-6-14/h2-10,13H,11-12H2,1H3,(H,20,22)(H,21,23). The van der Waals surface area contributed by atoms with Crippen molar-refractivity contribution in [2.45, 2.75) is 19.6 Å². The van der Waals surface area contributed by atoms with Gasteiger partial charge in [0.1, 0.15) is 18.2 Å².